The Labute approximate surface area is 254 Å². The third kappa shape index (κ3) is 7.70. The zero-order chi connectivity index (χ0) is 31.7. The van der Waals surface area contributed by atoms with Gasteiger partial charge in [-0.25, -0.2) is 26.8 Å². The minimum absolute atomic E-state index is 0.00601. The van der Waals surface area contributed by atoms with E-state index in [-0.39, 0.29) is 30.6 Å². The van der Waals surface area contributed by atoms with Crippen LogP contribution in [0, 0.1) is 13.8 Å². The summed E-state index contributed by atoms with van der Waals surface area (Å²) in [5, 5.41) is 0. The highest BCUT2D eigenvalue weighted by molar-refractivity contribution is 8.02. The molecular weight excluding hydrogens is 593 g/mol. The molecule has 0 unspecified atom stereocenters. The standard InChI is InChI=1S/C24H22N2O6S2.C5H10S.C2H6/c1-15-16(2)26-24-22(34(29,30)20-11-7-18(32-4)8-12-20)14-13-21(23(24)25-15)33(27,28)19-9-5-17(31-3)6-10-19;1-4-5(2)6-3;1-2/h5-14H,1-4H3;4H,1-3H3;1-2H3/b;5-4+;. The number of hydrogen-bond acceptors (Lipinski definition) is 9. The molecule has 8 nitrogen and oxygen atoms in total. The normalized spacial score (nSPS) is 11.6. The largest absolute Gasteiger partial charge is 0.497 e. The Balaban J connectivity index is 0.000000686. The summed E-state index contributed by atoms with van der Waals surface area (Å²) in [7, 11) is -5.08. The van der Waals surface area contributed by atoms with E-state index < -0.39 is 19.7 Å². The fraction of sp³-hybridized carbons (Fsp3) is 0.290. The first kappa shape index (κ1) is 34.8. The Morgan fingerprint density at radius 1 is 0.690 bits per heavy atom. The quantitative estimate of drug-likeness (QED) is 0.209. The molecule has 0 saturated carbocycles. The predicted molar refractivity (Wildman–Crippen MR) is 170 cm³/mol. The van der Waals surface area contributed by atoms with Crippen LogP contribution in [0.2, 0.25) is 0 Å². The maximum absolute atomic E-state index is 13.5. The second-order valence-corrected chi connectivity index (χ2v) is 13.5. The number of sulfone groups is 2. The zero-order valence-corrected chi connectivity index (χ0v) is 27.9. The summed E-state index contributed by atoms with van der Waals surface area (Å²) >= 11 is 1.79. The first-order valence-corrected chi connectivity index (χ1v) is 17.3. The van der Waals surface area contributed by atoms with Crippen LogP contribution in [0.5, 0.6) is 11.5 Å². The molecule has 0 fully saturated rings. The maximum atomic E-state index is 13.5. The number of rotatable bonds is 7. The number of fused-ring (bicyclic) bond motifs is 1. The topological polar surface area (TPSA) is 113 Å². The van der Waals surface area contributed by atoms with E-state index in [2.05, 4.69) is 29.2 Å². The molecule has 42 heavy (non-hydrogen) atoms. The van der Waals surface area contributed by atoms with Crippen molar-refractivity contribution in [3.8, 4) is 11.5 Å². The Kier molecular flexibility index (Phi) is 12.6. The zero-order valence-electron chi connectivity index (χ0n) is 25.4. The minimum Gasteiger partial charge on any atom is -0.497 e. The molecule has 0 aliphatic heterocycles. The van der Waals surface area contributed by atoms with E-state index in [0.717, 1.165) is 0 Å². The number of nitrogens with zero attached hydrogens (tertiary/aromatic N) is 2. The van der Waals surface area contributed by atoms with Crippen molar-refractivity contribution in [2.45, 2.75) is 61.1 Å². The average molecular weight is 631 g/mol. The van der Waals surface area contributed by atoms with Gasteiger partial charge in [-0.3, -0.25) is 0 Å². The van der Waals surface area contributed by atoms with E-state index in [4.69, 9.17) is 9.47 Å². The molecule has 0 atom stereocenters. The Bertz CT molecular complexity index is 1630. The minimum atomic E-state index is -4.03. The predicted octanol–water partition coefficient (Wildman–Crippen LogP) is 7.23. The number of benzene rings is 3. The van der Waals surface area contributed by atoms with E-state index in [1.54, 1.807) is 49.9 Å². The fourth-order valence-corrected chi connectivity index (χ4v) is 6.59. The van der Waals surface area contributed by atoms with E-state index in [0.29, 0.717) is 22.9 Å². The molecular formula is C31H38N2O6S3. The summed E-state index contributed by atoms with van der Waals surface area (Å²) in [5.41, 5.74) is 0.984. The molecule has 0 saturated heterocycles. The van der Waals surface area contributed by atoms with Crippen molar-refractivity contribution >= 4 is 42.5 Å². The van der Waals surface area contributed by atoms with Crippen LogP contribution in [0.15, 0.2) is 91.2 Å². The number of methoxy groups -OCH3 is 2. The molecule has 0 spiro atoms. The SMILES string of the molecule is C/C=C(\C)SC.CC.COc1ccc(S(=O)(=O)c2ccc(S(=O)(=O)c3ccc(OC)cc3)c3nc(C)c(C)nc23)cc1. The van der Waals surface area contributed by atoms with Crippen LogP contribution in [0.25, 0.3) is 11.0 Å². The molecule has 0 amide bonds. The third-order valence-corrected chi connectivity index (χ3v) is 10.7. The lowest BCUT2D eigenvalue weighted by molar-refractivity contribution is 0.414. The van der Waals surface area contributed by atoms with Gasteiger partial charge in [-0.15, -0.1) is 11.8 Å². The average Bonchev–Trinajstić information content (AvgIpc) is 3.01. The summed E-state index contributed by atoms with van der Waals surface area (Å²) in [6.45, 7) is 11.5. The smallest absolute Gasteiger partial charge is 0.208 e. The highest BCUT2D eigenvalue weighted by atomic mass is 32.2. The van der Waals surface area contributed by atoms with Crippen molar-refractivity contribution in [3.63, 3.8) is 0 Å². The molecule has 0 aliphatic carbocycles. The van der Waals surface area contributed by atoms with Crippen LogP contribution in [-0.4, -0.2) is 47.3 Å². The molecule has 3 aromatic carbocycles. The first-order valence-electron chi connectivity index (χ1n) is 13.1. The van der Waals surface area contributed by atoms with Gasteiger partial charge in [0, 0.05) is 0 Å². The fourth-order valence-electron chi connectivity index (χ4n) is 3.57. The van der Waals surface area contributed by atoms with Crippen molar-refractivity contribution in [1.29, 1.82) is 0 Å². The van der Waals surface area contributed by atoms with Gasteiger partial charge >= 0.3 is 0 Å². The molecule has 4 rings (SSSR count). The lowest BCUT2D eigenvalue weighted by Gasteiger charge is -2.13. The second kappa shape index (κ2) is 15.2. The molecule has 1 heterocycles. The van der Waals surface area contributed by atoms with Crippen LogP contribution >= 0.6 is 11.8 Å². The van der Waals surface area contributed by atoms with E-state index >= 15 is 0 Å². The van der Waals surface area contributed by atoms with Crippen LogP contribution in [0.4, 0.5) is 0 Å². The molecule has 0 radical (unpaired) electrons. The summed E-state index contributed by atoms with van der Waals surface area (Å²) in [6.07, 6.45) is 4.18. The molecule has 0 aliphatic rings. The number of aromatic nitrogens is 2. The monoisotopic (exact) mass is 630 g/mol. The summed E-state index contributed by atoms with van der Waals surface area (Å²) < 4.78 is 64.1. The molecule has 4 aromatic rings. The van der Waals surface area contributed by atoms with Crippen molar-refractivity contribution < 1.29 is 26.3 Å². The van der Waals surface area contributed by atoms with Crippen LogP contribution in [0.1, 0.15) is 39.1 Å². The van der Waals surface area contributed by atoms with Gasteiger partial charge < -0.3 is 9.47 Å². The maximum Gasteiger partial charge on any atom is 0.208 e. The Morgan fingerprint density at radius 3 is 1.26 bits per heavy atom. The number of thioether (sulfide) groups is 1. The van der Waals surface area contributed by atoms with Crippen molar-refractivity contribution in [3.05, 3.63) is 83.0 Å². The molecule has 11 heteroatoms. The Morgan fingerprint density at radius 2 is 1.02 bits per heavy atom. The third-order valence-electron chi connectivity index (χ3n) is 6.21. The van der Waals surface area contributed by atoms with Gasteiger partial charge in [-0.1, -0.05) is 19.9 Å². The van der Waals surface area contributed by atoms with Gasteiger partial charge in [0.05, 0.1) is 45.2 Å². The van der Waals surface area contributed by atoms with Gasteiger partial charge in [0.1, 0.15) is 22.5 Å². The van der Waals surface area contributed by atoms with Crippen molar-refractivity contribution in [2.75, 3.05) is 20.5 Å². The molecule has 0 bridgehead atoms. The van der Waals surface area contributed by atoms with Crippen LogP contribution in [0.3, 0.4) is 0 Å². The summed E-state index contributed by atoms with van der Waals surface area (Å²) in [6, 6.07) is 14.4. The molecule has 0 N–H and O–H groups in total. The van der Waals surface area contributed by atoms with Gasteiger partial charge in [-0.2, -0.15) is 0 Å². The highest BCUT2D eigenvalue weighted by Crippen LogP contribution is 2.34. The molecule has 1 aromatic heterocycles. The van der Waals surface area contributed by atoms with E-state index in [1.807, 2.05) is 20.8 Å². The van der Waals surface area contributed by atoms with E-state index in [9.17, 15) is 16.8 Å². The van der Waals surface area contributed by atoms with Gasteiger partial charge in [0.2, 0.25) is 19.7 Å². The Hall–Kier alpha value is -3.41. The van der Waals surface area contributed by atoms with Crippen LogP contribution < -0.4 is 9.47 Å². The van der Waals surface area contributed by atoms with Crippen molar-refractivity contribution in [1.82, 2.24) is 9.97 Å². The number of allylic oxidation sites excluding steroid dienone is 2. The number of hydrogen-bond donors (Lipinski definition) is 0. The highest BCUT2D eigenvalue weighted by Gasteiger charge is 2.28. The lowest BCUT2D eigenvalue weighted by atomic mass is 10.2. The van der Waals surface area contributed by atoms with E-state index in [1.165, 1.54) is 55.5 Å². The van der Waals surface area contributed by atoms with Crippen molar-refractivity contribution in [2.24, 2.45) is 0 Å². The van der Waals surface area contributed by atoms with Gasteiger partial charge in [0.15, 0.2) is 0 Å². The number of aryl methyl sites for hydroxylation is 2. The summed E-state index contributed by atoms with van der Waals surface area (Å²) in [4.78, 5) is 10.1. The summed E-state index contributed by atoms with van der Waals surface area (Å²) in [5.74, 6) is 1.02. The lowest BCUT2D eigenvalue weighted by Crippen LogP contribution is -2.10. The van der Waals surface area contributed by atoms with Gasteiger partial charge in [-0.05, 0) is 99.5 Å². The second-order valence-electron chi connectivity index (χ2n) is 8.61. The molecule has 226 valence electrons. The van der Waals surface area contributed by atoms with Crippen LogP contribution in [-0.2, 0) is 19.7 Å². The first-order chi connectivity index (χ1) is 19.9. The van der Waals surface area contributed by atoms with Gasteiger partial charge in [0.25, 0.3) is 0 Å². The number of ether oxygens (including phenoxy) is 2.